The van der Waals surface area contributed by atoms with E-state index in [0.29, 0.717) is 19.3 Å². The summed E-state index contributed by atoms with van der Waals surface area (Å²) >= 11 is 0. The molecule has 0 aromatic heterocycles. The molecule has 0 rings (SSSR count). The van der Waals surface area contributed by atoms with Crippen molar-refractivity contribution in [2.45, 2.75) is 290 Å². The summed E-state index contributed by atoms with van der Waals surface area (Å²) < 4.78 is 16.8. The number of hydrogen-bond donors (Lipinski definition) is 0. The molecular weight excluding hydrogens is 793 g/mol. The summed E-state index contributed by atoms with van der Waals surface area (Å²) in [5.41, 5.74) is 0. The highest BCUT2D eigenvalue weighted by molar-refractivity contribution is 5.71. The molecule has 6 nitrogen and oxygen atoms in total. The number of carbonyl (C=O) groups is 3. The molecule has 0 aliphatic rings. The van der Waals surface area contributed by atoms with E-state index < -0.39 is 6.10 Å². The topological polar surface area (TPSA) is 78.9 Å². The number of allylic oxidation sites excluding steroid dienone is 8. The van der Waals surface area contributed by atoms with E-state index in [1.165, 1.54) is 161 Å². The van der Waals surface area contributed by atoms with Crippen LogP contribution in [0.3, 0.4) is 0 Å². The Hall–Kier alpha value is -2.63. The molecule has 64 heavy (non-hydrogen) atoms. The average molecular weight is 897 g/mol. The summed E-state index contributed by atoms with van der Waals surface area (Å²) in [5, 5.41) is 0. The Kier molecular flexibility index (Phi) is 50.8. The van der Waals surface area contributed by atoms with Gasteiger partial charge in [-0.1, -0.05) is 236 Å². The van der Waals surface area contributed by atoms with Crippen molar-refractivity contribution in [3.63, 3.8) is 0 Å². The molecule has 0 radical (unpaired) electrons. The Balaban J connectivity index is 4.19. The third kappa shape index (κ3) is 50.4. The maximum atomic E-state index is 12.8. The van der Waals surface area contributed by atoms with Gasteiger partial charge >= 0.3 is 17.9 Å². The molecule has 0 saturated heterocycles. The second kappa shape index (κ2) is 53.0. The predicted molar refractivity (Wildman–Crippen MR) is 275 cm³/mol. The first-order chi connectivity index (χ1) is 31.5. The lowest BCUT2D eigenvalue weighted by Gasteiger charge is -2.18. The van der Waals surface area contributed by atoms with Crippen LogP contribution in [0.2, 0.25) is 0 Å². The molecule has 6 heteroatoms. The molecule has 0 aliphatic carbocycles. The molecule has 1 unspecified atom stereocenters. The van der Waals surface area contributed by atoms with E-state index in [-0.39, 0.29) is 31.1 Å². The van der Waals surface area contributed by atoms with Crippen molar-refractivity contribution < 1.29 is 28.6 Å². The SMILES string of the molecule is CCCC/C=C\CCCCCCCC(=O)OC(COC(=O)CCCCCCCCCCCC)COC(=O)CCCCCCCCCCCC/C=C\C/C=C\C/C=C\CCCCCCC. The lowest BCUT2D eigenvalue weighted by molar-refractivity contribution is -0.167. The average Bonchev–Trinajstić information content (AvgIpc) is 3.29. The van der Waals surface area contributed by atoms with Crippen LogP contribution in [0.4, 0.5) is 0 Å². The molecule has 0 bridgehead atoms. The van der Waals surface area contributed by atoms with Gasteiger partial charge in [-0.15, -0.1) is 0 Å². The Bertz CT molecular complexity index is 1120. The quantitative estimate of drug-likeness (QED) is 0.0262. The highest BCUT2D eigenvalue weighted by atomic mass is 16.6. The van der Waals surface area contributed by atoms with Gasteiger partial charge in [-0.2, -0.15) is 0 Å². The molecule has 0 fully saturated rings. The fourth-order valence-electron chi connectivity index (χ4n) is 7.84. The maximum Gasteiger partial charge on any atom is 0.306 e. The fourth-order valence-corrected chi connectivity index (χ4v) is 7.84. The standard InChI is InChI=1S/C58H104O6/c1-4-7-10-13-16-19-22-23-24-25-26-27-28-29-30-31-32-33-34-35-37-39-42-45-48-51-57(60)63-54-55(53-62-56(59)50-47-44-41-38-21-18-15-12-9-6-3)64-58(61)52-49-46-43-40-36-20-17-14-11-8-5-2/h14,17,22-23,25-26,28-29,55H,4-13,15-16,18-21,24,27,30-54H2,1-3H3/b17-14-,23-22-,26-25-,29-28-. The molecule has 372 valence electrons. The van der Waals surface area contributed by atoms with Crippen molar-refractivity contribution in [2.75, 3.05) is 13.2 Å². The number of ether oxygens (including phenoxy) is 3. The van der Waals surface area contributed by atoms with Crippen LogP contribution in [-0.2, 0) is 28.6 Å². The van der Waals surface area contributed by atoms with Crippen molar-refractivity contribution in [1.29, 1.82) is 0 Å². The second-order valence-electron chi connectivity index (χ2n) is 18.5. The first-order valence-electron chi connectivity index (χ1n) is 27.6. The zero-order valence-corrected chi connectivity index (χ0v) is 42.6. The Morgan fingerprint density at radius 3 is 0.938 bits per heavy atom. The molecular formula is C58H104O6. The molecule has 0 spiro atoms. The Morgan fingerprint density at radius 1 is 0.312 bits per heavy atom. The van der Waals surface area contributed by atoms with E-state index in [1.54, 1.807) is 0 Å². The summed E-state index contributed by atoms with van der Waals surface area (Å²) in [6.45, 7) is 6.58. The molecule has 0 heterocycles. The fraction of sp³-hybridized carbons (Fsp3) is 0.810. The van der Waals surface area contributed by atoms with Crippen LogP contribution in [0, 0.1) is 0 Å². The largest absolute Gasteiger partial charge is 0.462 e. The molecule has 0 saturated carbocycles. The molecule has 0 aliphatic heterocycles. The lowest BCUT2D eigenvalue weighted by Crippen LogP contribution is -2.30. The number of rotatable bonds is 50. The van der Waals surface area contributed by atoms with Crippen LogP contribution in [0.25, 0.3) is 0 Å². The Labute approximate surface area is 397 Å². The van der Waals surface area contributed by atoms with E-state index in [0.717, 1.165) is 83.5 Å². The minimum Gasteiger partial charge on any atom is -0.462 e. The van der Waals surface area contributed by atoms with Crippen molar-refractivity contribution in [2.24, 2.45) is 0 Å². The van der Waals surface area contributed by atoms with Gasteiger partial charge in [-0.3, -0.25) is 14.4 Å². The minimum absolute atomic E-state index is 0.0753. The molecule has 0 N–H and O–H groups in total. The molecule has 0 aromatic carbocycles. The molecule has 0 aromatic rings. The van der Waals surface area contributed by atoms with Crippen LogP contribution in [0.1, 0.15) is 284 Å². The Morgan fingerprint density at radius 2 is 0.578 bits per heavy atom. The van der Waals surface area contributed by atoms with Crippen LogP contribution in [0.5, 0.6) is 0 Å². The van der Waals surface area contributed by atoms with E-state index >= 15 is 0 Å². The summed E-state index contributed by atoms with van der Waals surface area (Å²) in [6, 6.07) is 0. The zero-order valence-electron chi connectivity index (χ0n) is 42.6. The summed E-state index contributed by atoms with van der Waals surface area (Å²) in [6.07, 6.45) is 64.0. The summed E-state index contributed by atoms with van der Waals surface area (Å²) in [4.78, 5) is 37.9. The number of unbranched alkanes of at least 4 members (excludes halogenated alkanes) is 31. The van der Waals surface area contributed by atoms with Crippen molar-refractivity contribution in [3.05, 3.63) is 48.6 Å². The molecule has 1 atom stereocenters. The number of carbonyl (C=O) groups excluding carboxylic acids is 3. The first kappa shape index (κ1) is 61.4. The van der Waals surface area contributed by atoms with E-state index in [4.69, 9.17) is 14.2 Å². The molecule has 0 amide bonds. The van der Waals surface area contributed by atoms with Gasteiger partial charge in [0.1, 0.15) is 13.2 Å². The van der Waals surface area contributed by atoms with Gasteiger partial charge in [-0.05, 0) is 77.0 Å². The third-order valence-electron chi connectivity index (χ3n) is 12.1. The normalized spacial score (nSPS) is 12.4. The van der Waals surface area contributed by atoms with Gasteiger partial charge in [0.2, 0.25) is 0 Å². The van der Waals surface area contributed by atoms with Crippen LogP contribution < -0.4 is 0 Å². The van der Waals surface area contributed by atoms with Crippen molar-refractivity contribution in [1.82, 2.24) is 0 Å². The van der Waals surface area contributed by atoms with E-state index in [1.807, 2.05) is 0 Å². The third-order valence-corrected chi connectivity index (χ3v) is 12.1. The van der Waals surface area contributed by atoms with Gasteiger partial charge in [0.05, 0.1) is 0 Å². The monoisotopic (exact) mass is 897 g/mol. The zero-order chi connectivity index (χ0) is 46.5. The maximum absolute atomic E-state index is 12.8. The van der Waals surface area contributed by atoms with Crippen molar-refractivity contribution in [3.8, 4) is 0 Å². The van der Waals surface area contributed by atoms with Gasteiger partial charge in [0.15, 0.2) is 6.10 Å². The van der Waals surface area contributed by atoms with Crippen molar-refractivity contribution >= 4 is 17.9 Å². The predicted octanol–water partition coefficient (Wildman–Crippen LogP) is 18.3. The highest BCUT2D eigenvalue weighted by Crippen LogP contribution is 2.15. The first-order valence-corrected chi connectivity index (χ1v) is 27.6. The highest BCUT2D eigenvalue weighted by Gasteiger charge is 2.19. The second-order valence-corrected chi connectivity index (χ2v) is 18.5. The van der Waals surface area contributed by atoms with Gasteiger partial charge in [-0.25, -0.2) is 0 Å². The van der Waals surface area contributed by atoms with Gasteiger partial charge < -0.3 is 14.2 Å². The smallest absolute Gasteiger partial charge is 0.306 e. The van der Waals surface area contributed by atoms with Crippen LogP contribution in [-0.4, -0.2) is 37.2 Å². The van der Waals surface area contributed by atoms with Crippen LogP contribution in [0.15, 0.2) is 48.6 Å². The van der Waals surface area contributed by atoms with E-state index in [9.17, 15) is 14.4 Å². The number of esters is 3. The summed E-state index contributed by atoms with van der Waals surface area (Å²) in [5.74, 6) is -0.883. The number of hydrogen-bond acceptors (Lipinski definition) is 6. The van der Waals surface area contributed by atoms with E-state index in [2.05, 4.69) is 69.4 Å². The summed E-state index contributed by atoms with van der Waals surface area (Å²) in [7, 11) is 0. The lowest BCUT2D eigenvalue weighted by atomic mass is 10.1. The minimum atomic E-state index is -0.774. The van der Waals surface area contributed by atoms with Gasteiger partial charge in [0, 0.05) is 19.3 Å². The van der Waals surface area contributed by atoms with Gasteiger partial charge in [0.25, 0.3) is 0 Å². The van der Waals surface area contributed by atoms with Crippen LogP contribution >= 0.6 is 0 Å².